The fraction of sp³-hybridized carbons (Fsp3) is 0.250. The first kappa shape index (κ1) is 21.8. The highest BCUT2D eigenvalue weighted by Gasteiger charge is 2.48. The normalized spacial score (nSPS) is 17.5. The zero-order valence-electron chi connectivity index (χ0n) is 17.5. The number of nitrogens with zero attached hydrogens (tertiary/aromatic N) is 2. The Hall–Kier alpha value is -3.45. The molecule has 32 heavy (non-hydrogen) atoms. The molecule has 164 valence electrons. The lowest BCUT2D eigenvalue weighted by Crippen LogP contribution is -2.43. The van der Waals surface area contributed by atoms with Crippen LogP contribution in [0.5, 0.6) is 0 Å². The summed E-state index contributed by atoms with van der Waals surface area (Å²) in [5, 5.41) is 9.17. The maximum atomic E-state index is 12.8. The van der Waals surface area contributed by atoms with Gasteiger partial charge in [-0.1, -0.05) is 53.2 Å². The third kappa shape index (κ3) is 4.57. The van der Waals surface area contributed by atoms with Crippen molar-refractivity contribution in [3.05, 3.63) is 77.1 Å². The summed E-state index contributed by atoms with van der Waals surface area (Å²) < 4.78 is 5.26. The van der Waals surface area contributed by atoms with Crippen LogP contribution in [0.15, 0.2) is 65.9 Å². The number of aromatic nitrogens is 1. The van der Waals surface area contributed by atoms with Crippen LogP contribution in [0.3, 0.4) is 0 Å². The zero-order valence-corrected chi connectivity index (χ0v) is 18.3. The van der Waals surface area contributed by atoms with Gasteiger partial charge >= 0.3 is 5.97 Å². The minimum atomic E-state index is -1.29. The van der Waals surface area contributed by atoms with Gasteiger partial charge in [-0.3, -0.25) is 9.78 Å². The maximum Gasteiger partial charge on any atom is 0.354 e. The van der Waals surface area contributed by atoms with Crippen LogP contribution in [0, 0.1) is 0 Å². The number of hydrogen-bond donors (Lipinski definition) is 1. The molecule has 0 aliphatic carbocycles. The number of benzene rings is 2. The number of fused-ring (bicyclic) bond motifs is 1. The number of esters is 1. The monoisotopic (exact) mass is 451 g/mol. The lowest BCUT2D eigenvalue weighted by molar-refractivity contribution is -0.168. The van der Waals surface area contributed by atoms with Crippen LogP contribution >= 0.6 is 11.6 Å². The van der Waals surface area contributed by atoms with E-state index in [-0.39, 0.29) is 31.9 Å². The first-order valence-electron chi connectivity index (χ1n) is 10.3. The van der Waals surface area contributed by atoms with E-state index >= 15 is 0 Å². The first-order chi connectivity index (χ1) is 15.5. The molecule has 4 rings (SSSR count). The summed E-state index contributed by atoms with van der Waals surface area (Å²) >= 11 is 6.09. The summed E-state index contributed by atoms with van der Waals surface area (Å²) in [4.78, 5) is 35.4. The number of ether oxygens (including phenoxy) is 1. The molecule has 2 heterocycles. The van der Waals surface area contributed by atoms with Crippen molar-refractivity contribution >= 4 is 40.0 Å². The highest BCUT2D eigenvalue weighted by Crippen LogP contribution is 2.30. The van der Waals surface area contributed by atoms with Gasteiger partial charge in [-0.15, -0.1) is 0 Å². The van der Waals surface area contributed by atoms with Gasteiger partial charge in [0, 0.05) is 29.4 Å². The molecule has 1 aliphatic rings. The van der Waals surface area contributed by atoms with E-state index in [1.165, 1.54) is 0 Å². The highest BCUT2D eigenvalue weighted by molar-refractivity contribution is 6.30. The predicted octanol–water partition coefficient (Wildman–Crippen LogP) is 3.94. The number of halogens is 1. The molecule has 0 radical (unpaired) electrons. The Kier molecular flexibility index (Phi) is 6.37. The Morgan fingerprint density at radius 1 is 1.19 bits per heavy atom. The lowest BCUT2D eigenvalue weighted by Gasteiger charge is -2.24. The molecule has 1 amide bonds. The highest BCUT2D eigenvalue weighted by atomic mass is 35.5. The predicted molar refractivity (Wildman–Crippen MR) is 122 cm³/mol. The first-order valence-corrected chi connectivity index (χ1v) is 10.7. The van der Waals surface area contributed by atoms with Crippen LogP contribution in [-0.4, -0.2) is 41.3 Å². The molecule has 1 atom stereocenters. The number of pyridine rings is 1. The van der Waals surface area contributed by atoms with Crippen molar-refractivity contribution in [1.29, 1.82) is 0 Å². The summed E-state index contributed by atoms with van der Waals surface area (Å²) in [7, 11) is 0. The van der Waals surface area contributed by atoms with Crippen molar-refractivity contribution in [3.8, 4) is 0 Å². The van der Waals surface area contributed by atoms with Crippen molar-refractivity contribution in [2.45, 2.75) is 25.4 Å². The molecule has 0 saturated heterocycles. The van der Waals surface area contributed by atoms with E-state index in [1.54, 1.807) is 25.3 Å². The smallest absolute Gasteiger partial charge is 0.354 e. The van der Waals surface area contributed by atoms with Gasteiger partial charge in [0.15, 0.2) is 0 Å². The molecule has 1 N–H and O–H groups in total. The molecule has 1 aliphatic heterocycles. The molecule has 1 unspecified atom stereocenters. The van der Waals surface area contributed by atoms with E-state index in [1.807, 2.05) is 42.5 Å². The number of nitrogens with one attached hydrogen (secondary N) is 1. The molecule has 0 fully saturated rings. The van der Waals surface area contributed by atoms with Crippen LogP contribution in [0.4, 0.5) is 0 Å². The fourth-order valence-electron chi connectivity index (χ4n) is 3.72. The average Bonchev–Trinajstić information content (AvgIpc) is 3.21. The quantitative estimate of drug-likeness (QED) is 0.549. The van der Waals surface area contributed by atoms with Gasteiger partial charge in [-0.2, -0.15) is 0 Å². The summed E-state index contributed by atoms with van der Waals surface area (Å²) in [6, 6.07) is 16.6. The van der Waals surface area contributed by atoms with Gasteiger partial charge in [0.1, 0.15) is 5.69 Å². The lowest BCUT2D eigenvalue weighted by atomic mass is 9.89. The van der Waals surface area contributed by atoms with Crippen molar-refractivity contribution in [3.63, 3.8) is 0 Å². The van der Waals surface area contributed by atoms with Gasteiger partial charge in [0.05, 0.1) is 18.9 Å². The minimum absolute atomic E-state index is 0.125. The maximum absolute atomic E-state index is 12.8. The topological polar surface area (TPSA) is 89.9 Å². The van der Waals surface area contributed by atoms with Crippen LogP contribution in [0.25, 0.3) is 10.8 Å². The Labute approximate surface area is 190 Å². The Morgan fingerprint density at radius 2 is 2.03 bits per heavy atom. The second-order valence-corrected chi connectivity index (χ2v) is 7.95. The summed E-state index contributed by atoms with van der Waals surface area (Å²) in [6.45, 7) is 2.08. The second-order valence-electron chi connectivity index (χ2n) is 7.51. The van der Waals surface area contributed by atoms with Gasteiger partial charge in [0.2, 0.25) is 5.60 Å². The van der Waals surface area contributed by atoms with E-state index in [0.717, 1.165) is 16.3 Å². The Bertz CT molecular complexity index is 1190. The molecular formula is C24H22ClN3O4. The van der Waals surface area contributed by atoms with Gasteiger partial charge in [-0.05, 0) is 36.1 Å². The Morgan fingerprint density at radius 3 is 2.84 bits per heavy atom. The van der Waals surface area contributed by atoms with E-state index < -0.39 is 11.6 Å². The van der Waals surface area contributed by atoms with Crippen LogP contribution in [0.1, 0.15) is 29.4 Å². The van der Waals surface area contributed by atoms with Gasteiger partial charge in [0.25, 0.3) is 5.91 Å². The summed E-state index contributed by atoms with van der Waals surface area (Å²) in [5.74, 6) is -0.825. The SMILES string of the molecule is CCOC(=O)C1(Cc2cccc(Cl)c2)CC(CNC(=O)c2nccc3ccccc23)=NO1. The standard InChI is InChI=1S/C24H22ClN3O4/c1-2-31-23(30)24(13-16-6-5-8-18(25)12-16)14-19(28-32-24)15-27-22(29)21-20-9-4-3-7-17(20)10-11-26-21/h3-12H,2,13-15H2,1H3,(H,27,29). The average molecular weight is 452 g/mol. The summed E-state index contributed by atoms with van der Waals surface area (Å²) in [5.41, 5.74) is 0.399. The molecule has 3 aromatic rings. The Balaban J connectivity index is 1.47. The molecule has 1 aromatic heterocycles. The molecule has 0 spiro atoms. The molecule has 0 saturated carbocycles. The fourth-order valence-corrected chi connectivity index (χ4v) is 3.94. The molecule has 0 bridgehead atoms. The minimum Gasteiger partial charge on any atom is -0.463 e. The van der Waals surface area contributed by atoms with Crippen LogP contribution in [-0.2, 0) is 20.8 Å². The van der Waals surface area contributed by atoms with Crippen molar-refractivity contribution in [2.75, 3.05) is 13.2 Å². The largest absolute Gasteiger partial charge is 0.463 e. The zero-order chi connectivity index (χ0) is 22.6. The van der Waals surface area contributed by atoms with Gasteiger partial charge < -0.3 is 14.9 Å². The van der Waals surface area contributed by atoms with E-state index in [0.29, 0.717) is 16.4 Å². The van der Waals surface area contributed by atoms with E-state index in [2.05, 4.69) is 15.5 Å². The van der Waals surface area contributed by atoms with E-state index in [9.17, 15) is 9.59 Å². The molecular weight excluding hydrogens is 430 g/mol. The molecule has 8 heteroatoms. The number of carbonyl (C=O) groups excluding carboxylic acids is 2. The van der Waals surface area contributed by atoms with Crippen molar-refractivity contribution in [1.82, 2.24) is 10.3 Å². The van der Waals surface area contributed by atoms with Crippen LogP contribution < -0.4 is 5.32 Å². The number of hydrogen-bond acceptors (Lipinski definition) is 6. The number of rotatable bonds is 7. The van der Waals surface area contributed by atoms with E-state index in [4.69, 9.17) is 21.2 Å². The van der Waals surface area contributed by atoms with Crippen molar-refractivity contribution < 1.29 is 19.2 Å². The second kappa shape index (κ2) is 9.36. The third-order valence-corrected chi connectivity index (χ3v) is 5.44. The number of carbonyl (C=O) groups is 2. The number of oxime groups is 1. The summed E-state index contributed by atoms with van der Waals surface area (Å²) in [6.07, 6.45) is 2.05. The van der Waals surface area contributed by atoms with Crippen LogP contribution in [0.2, 0.25) is 5.02 Å². The molecule has 7 nitrogen and oxygen atoms in total. The third-order valence-electron chi connectivity index (χ3n) is 5.21. The molecule has 2 aromatic carbocycles. The van der Waals surface area contributed by atoms with Crippen molar-refractivity contribution in [2.24, 2.45) is 5.16 Å². The number of amides is 1. The van der Waals surface area contributed by atoms with Gasteiger partial charge in [-0.25, -0.2) is 4.79 Å².